The number of nitrogens with one attached hydrogen (secondary N) is 1. The first kappa shape index (κ1) is 13.1. The van der Waals surface area contributed by atoms with Crippen LogP contribution in [0.4, 0.5) is 5.82 Å². The van der Waals surface area contributed by atoms with Crippen molar-refractivity contribution in [1.82, 2.24) is 10.2 Å². The van der Waals surface area contributed by atoms with E-state index in [1.54, 1.807) is 0 Å². The Balaban J connectivity index is 2.01. The van der Waals surface area contributed by atoms with Crippen LogP contribution in [0.3, 0.4) is 0 Å². The van der Waals surface area contributed by atoms with Crippen molar-refractivity contribution in [1.29, 1.82) is 0 Å². The first-order valence-electron chi connectivity index (χ1n) is 6.17. The third-order valence-corrected chi connectivity index (χ3v) is 3.46. The highest BCUT2D eigenvalue weighted by molar-refractivity contribution is 6.29. The summed E-state index contributed by atoms with van der Waals surface area (Å²) in [4.78, 5) is 11.1. The van der Waals surface area contributed by atoms with Gasteiger partial charge in [0, 0.05) is 6.54 Å². The molecule has 98 valence electrons. The average Bonchev–Trinajstić information content (AvgIpc) is 2.38. The van der Waals surface area contributed by atoms with Gasteiger partial charge in [-0.3, -0.25) is 0 Å². The number of hydrogen-bond donors (Lipinski definition) is 2. The fraction of sp³-hybridized carbons (Fsp3) is 0.583. The lowest BCUT2D eigenvalue weighted by Crippen LogP contribution is -2.19. The Labute approximate surface area is 111 Å². The number of anilines is 1. The first-order chi connectivity index (χ1) is 8.66. The van der Waals surface area contributed by atoms with Crippen LogP contribution in [0.1, 0.15) is 42.5 Å². The molecule has 0 spiro atoms. The molecule has 18 heavy (non-hydrogen) atoms. The first-order valence-corrected chi connectivity index (χ1v) is 6.55. The minimum Gasteiger partial charge on any atom is -0.478 e. The normalized spacial score (nSPS) is 16.5. The molecule has 2 rings (SSSR count). The minimum absolute atomic E-state index is 0.0748. The molecule has 1 aliphatic carbocycles. The van der Waals surface area contributed by atoms with Crippen molar-refractivity contribution in [2.45, 2.75) is 32.1 Å². The van der Waals surface area contributed by atoms with Crippen LogP contribution in [0.5, 0.6) is 0 Å². The Morgan fingerprint density at radius 3 is 2.78 bits per heavy atom. The van der Waals surface area contributed by atoms with Gasteiger partial charge in [-0.25, -0.2) is 4.79 Å². The van der Waals surface area contributed by atoms with Gasteiger partial charge in [0.05, 0.1) is 0 Å². The number of halogens is 1. The molecule has 0 radical (unpaired) electrons. The van der Waals surface area contributed by atoms with Crippen molar-refractivity contribution in [3.8, 4) is 0 Å². The van der Waals surface area contributed by atoms with Gasteiger partial charge in [-0.2, -0.15) is 0 Å². The zero-order chi connectivity index (χ0) is 13.0. The third kappa shape index (κ3) is 3.32. The van der Waals surface area contributed by atoms with Crippen LogP contribution in [-0.4, -0.2) is 27.8 Å². The smallest absolute Gasteiger partial charge is 0.339 e. The van der Waals surface area contributed by atoms with Gasteiger partial charge >= 0.3 is 5.97 Å². The molecule has 1 heterocycles. The summed E-state index contributed by atoms with van der Waals surface area (Å²) in [5.74, 6) is -0.145. The van der Waals surface area contributed by atoms with E-state index < -0.39 is 5.97 Å². The number of rotatable bonds is 4. The summed E-state index contributed by atoms with van der Waals surface area (Å²) in [7, 11) is 0. The van der Waals surface area contributed by atoms with Crippen molar-refractivity contribution in [2.75, 3.05) is 11.9 Å². The summed E-state index contributed by atoms with van der Waals surface area (Å²) < 4.78 is 0. The number of carboxylic acid groups (broad SMARTS) is 1. The van der Waals surface area contributed by atoms with Crippen molar-refractivity contribution in [3.05, 3.63) is 16.8 Å². The van der Waals surface area contributed by atoms with Gasteiger partial charge in [-0.1, -0.05) is 30.9 Å². The second-order valence-electron chi connectivity index (χ2n) is 4.62. The number of carboxylic acids is 1. The van der Waals surface area contributed by atoms with Crippen LogP contribution in [0.2, 0.25) is 5.15 Å². The summed E-state index contributed by atoms with van der Waals surface area (Å²) >= 11 is 5.65. The standard InChI is InChI=1S/C12H16ClN3O2/c13-10-6-9(12(17)18)11(16-15-10)14-7-8-4-2-1-3-5-8/h6,8H,1-5,7H2,(H,14,16)(H,17,18). The molecule has 5 nitrogen and oxygen atoms in total. The van der Waals surface area contributed by atoms with Gasteiger partial charge in [0.1, 0.15) is 5.56 Å². The Kier molecular flexibility index (Phi) is 4.36. The molecule has 0 amide bonds. The molecule has 6 heteroatoms. The van der Waals surface area contributed by atoms with Crippen LogP contribution in [0.25, 0.3) is 0 Å². The van der Waals surface area contributed by atoms with Crippen molar-refractivity contribution in [3.63, 3.8) is 0 Å². The van der Waals surface area contributed by atoms with Crippen molar-refractivity contribution >= 4 is 23.4 Å². The molecular formula is C12H16ClN3O2. The average molecular weight is 270 g/mol. The largest absolute Gasteiger partial charge is 0.478 e. The molecule has 1 aliphatic rings. The molecule has 1 fully saturated rings. The van der Waals surface area contributed by atoms with E-state index in [9.17, 15) is 4.79 Å². The maximum atomic E-state index is 11.1. The molecule has 0 atom stereocenters. The quantitative estimate of drug-likeness (QED) is 0.879. The van der Waals surface area contributed by atoms with E-state index in [2.05, 4.69) is 15.5 Å². The minimum atomic E-state index is -1.04. The molecule has 1 aromatic rings. The molecule has 1 aromatic heterocycles. The molecule has 0 aromatic carbocycles. The van der Waals surface area contributed by atoms with E-state index in [4.69, 9.17) is 16.7 Å². The summed E-state index contributed by atoms with van der Waals surface area (Å²) in [6, 6.07) is 1.32. The Hall–Kier alpha value is -1.36. The van der Waals surface area contributed by atoms with E-state index >= 15 is 0 Å². The second kappa shape index (κ2) is 6.00. The van der Waals surface area contributed by atoms with E-state index in [1.165, 1.54) is 38.2 Å². The fourth-order valence-electron chi connectivity index (χ4n) is 2.29. The highest BCUT2D eigenvalue weighted by Crippen LogP contribution is 2.24. The van der Waals surface area contributed by atoms with E-state index in [0.717, 1.165) is 6.54 Å². The predicted molar refractivity (Wildman–Crippen MR) is 69.1 cm³/mol. The molecule has 1 saturated carbocycles. The number of hydrogen-bond acceptors (Lipinski definition) is 4. The summed E-state index contributed by atoms with van der Waals surface area (Å²) in [5, 5.41) is 19.7. The van der Waals surface area contributed by atoms with E-state index in [1.807, 2.05) is 0 Å². The number of aromatic nitrogens is 2. The van der Waals surface area contributed by atoms with Gasteiger partial charge in [0.2, 0.25) is 0 Å². The topological polar surface area (TPSA) is 75.1 Å². The lowest BCUT2D eigenvalue weighted by Gasteiger charge is -2.22. The SMILES string of the molecule is O=C(O)c1cc(Cl)nnc1NCC1CCCCC1. The third-order valence-electron chi connectivity index (χ3n) is 3.28. The van der Waals surface area contributed by atoms with Gasteiger partial charge < -0.3 is 10.4 Å². The summed E-state index contributed by atoms with van der Waals surface area (Å²) in [6.45, 7) is 0.747. The Morgan fingerprint density at radius 1 is 1.39 bits per heavy atom. The second-order valence-corrected chi connectivity index (χ2v) is 5.01. The number of carbonyl (C=O) groups is 1. The number of nitrogens with zero attached hydrogens (tertiary/aromatic N) is 2. The molecule has 0 bridgehead atoms. The summed E-state index contributed by atoms with van der Waals surface area (Å²) in [6.07, 6.45) is 6.19. The van der Waals surface area contributed by atoms with Crippen LogP contribution in [0.15, 0.2) is 6.07 Å². The Bertz CT molecular complexity index is 433. The van der Waals surface area contributed by atoms with E-state index in [-0.39, 0.29) is 10.7 Å². The van der Waals surface area contributed by atoms with Gasteiger partial charge in [0.15, 0.2) is 11.0 Å². The maximum absolute atomic E-state index is 11.1. The van der Waals surface area contributed by atoms with Gasteiger partial charge in [-0.05, 0) is 24.8 Å². The fourth-order valence-corrected chi connectivity index (χ4v) is 2.44. The molecule has 0 saturated heterocycles. The van der Waals surface area contributed by atoms with Crippen LogP contribution in [0, 0.1) is 5.92 Å². The van der Waals surface area contributed by atoms with Gasteiger partial charge in [-0.15, -0.1) is 10.2 Å². The lowest BCUT2D eigenvalue weighted by atomic mass is 9.89. The van der Waals surface area contributed by atoms with Crippen LogP contribution in [-0.2, 0) is 0 Å². The number of aromatic carboxylic acids is 1. The monoisotopic (exact) mass is 269 g/mol. The highest BCUT2D eigenvalue weighted by Gasteiger charge is 2.17. The Morgan fingerprint density at radius 2 is 2.11 bits per heavy atom. The molecule has 2 N–H and O–H groups in total. The molecule has 0 aliphatic heterocycles. The predicted octanol–water partition coefficient (Wildman–Crippen LogP) is 2.82. The zero-order valence-corrected chi connectivity index (χ0v) is 10.8. The zero-order valence-electron chi connectivity index (χ0n) is 10.0. The maximum Gasteiger partial charge on any atom is 0.339 e. The molecule has 0 unspecified atom stereocenters. The van der Waals surface area contributed by atoms with Crippen LogP contribution < -0.4 is 5.32 Å². The lowest BCUT2D eigenvalue weighted by molar-refractivity contribution is 0.0697. The van der Waals surface area contributed by atoms with Crippen molar-refractivity contribution in [2.24, 2.45) is 5.92 Å². The summed E-state index contributed by atoms with van der Waals surface area (Å²) in [5.41, 5.74) is 0.0748. The highest BCUT2D eigenvalue weighted by atomic mass is 35.5. The van der Waals surface area contributed by atoms with Crippen LogP contribution >= 0.6 is 11.6 Å². The van der Waals surface area contributed by atoms with Crippen molar-refractivity contribution < 1.29 is 9.90 Å². The van der Waals surface area contributed by atoms with E-state index in [0.29, 0.717) is 11.7 Å². The molecular weight excluding hydrogens is 254 g/mol. The van der Waals surface area contributed by atoms with Gasteiger partial charge in [0.25, 0.3) is 0 Å².